The molecule has 0 saturated heterocycles. The summed E-state index contributed by atoms with van der Waals surface area (Å²) in [5.74, 6) is 0. The first-order valence-corrected chi connectivity index (χ1v) is 7.25. The summed E-state index contributed by atoms with van der Waals surface area (Å²) in [4.78, 5) is 5.16. The number of nitrogens with zero attached hydrogens (tertiary/aromatic N) is 1. The molecule has 6 heteroatoms. The topological polar surface area (TPSA) is 21.6 Å². The SMILES string of the molecule is CC(=NOCc1ccccc1Cl)c1cccc(C)c1C(F)(F)F. The number of alkyl halides is 3. The fourth-order valence-corrected chi connectivity index (χ4v) is 2.40. The van der Waals surface area contributed by atoms with E-state index in [1.807, 2.05) is 0 Å². The van der Waals surface area contributed by atoms with E-state index >= 15 is 0 Å². The van der Waals surface area contributed by atoms with Crippen LogP contribution in [0.2, 0.25) is 5.02 Å². The predicted octanol–water partition coefficient (Wildman–Crippen LogP) is 5.61. The Bertz CT molecular complexity index is 726. The summed E-state index contributed by atoms with van der Waals surface area (Å²) >= 11 is 5.99. The van der Waals surface area contributed by atoms with Crippen LogP contribution in [0.5, 0.6) is 0 Å². The Morgan fingerprint density at radius 2 is 1.83 bits per heavy atom. The standard InChI is InChI=1S/C17H15ClF3NO/c1-11-6-5-8-14(16(11)17(19,20)21)12(2)22-23-10-13-7-3-4-9-15(13)18/h3-9H,10H2,1-2H3. The Hall–Kier alpha value is -2.01. The number of benzene rings is 2. The second-order valence-corrected chi connectivity index (χ2v) is 5.44. The van der Waals surface area contributed by atoms with Crippen LogP contribution in [0.3, 0.4) is 0 Å². The summed E-state index contributed by atoms with van der Waals surface area (Å²) in [5, 5.41) is 4.32. The van der Waals surface area contributed by atoms with E-state index in [0.717, 1.165) is 0 Å². The molecule has 2 aromatic carbocycles. The van der Waals surface area contributed by atoms with E-state index in [2.05, 4.69) is 5.16 Å². The molecule has 0 aliphatic rings. The average Bonchev–Trinajstić information content (AvgIpc) is 2.47. The van der Waals surface area contributed by atoms with Gasteiger partial charge in [-0.15, -0.1) is 0 Å². The predicted molar refractivity (Wildman–Crippen MR) is 84.6 cm³/mol. The molecule has 0 aliphatic heterocycles. The molecule has 0 unspecified atom stereocenters. The average molecular weight is 342 g/mol. The quantitative estimate of drug-likeness (QED) is 0.523. The van der Waals surface area contributed by atoms with Crippen molar-refractivity contribution in [3.63, 3.8) is 0 Å². The van der Waals surface area contributed by atoms with Crippen LogP contribution in [0.4, 0.5) is 13.2 Å². The normalized spacial score (nSPS) is 12.3. The molecule has 23 heavy (non-hydrogen) atoms. The molecule has 0 radical (unpaired) electrons. The smallest absolute Gasteiger partial charge is 0.391 e. The number of hydrogen-bond acceptors (Lipinski definition) is 2. The first-order valence-electron chi connectivity index (χ1n) is 6.88. The van der Waals surface area contributed by atoms with E-state index in [9.17, 15) is 13.2 Å². The zero-order valence-corrected chi connectivity index (χ0v) is 13.4. The molecule has 0 N–H and O–H groups in total. The van der Waals surface area contributed by atoms with Crippen molar-refractivity contribution < 1.29 is 18.0 Å². The second kappa shape index (κ2) is 7.04. The number of halogens is 4. The van der Waals surface area contributed by atoms with E-state index in [1.54, 1.807) is 30.3 Å². The van der Waals surface area contributed by atoms with E-state index < -0.39 is 11.7 Å². The third-order valence-corrected chi connectivity index (χ3v) is 3.69. The summed E-state index contributed by atoms with van der Waals surface area (Å²) in [7, 11) is 0. The lowest BCUT2D eigenvalue weighted by Crippen LogP contribution is -2.14. The highest BCUT2D eigenvalue weighted by atomic mass is 35.5. The van der Waals surface area contributed by atoms with Crippen molar-refractivity contribution in [1.29, 1.82) is 0 Å². The van der Waals surface area contributed by atoms with E-state index in [1.165, 1.54) is 26.0 Å². The number of hydrogen-bond donors (Lipinski definition) is 0. The van der Waals surface area contributed by atoms with E-state index in [-0.39, 0.29) is 23.4 Å². The van der Waals surface area contributed by atoms with Crippen LogP contribution in [0.25, 0.3) is 0 Å². The van der Waals surface area contributed by atoms with Gasteiger partial charge in [0.2, 0.25) is 0 Å². The number of rotatable bonds is 4. The van der Waals surface area contributed by atoms with Crippen molar-refractivity contribution in [2.24, 2.45) is 5.16 Å². The molecule has 0 saturated carbocycles. The maximum absolute atomic E-state index is 13.2. The number of aryl methyl sites for hydroxylation is 1. The van der Waals surface area contributed by atoms with Gasteiger partial charge in [-0.05, 0) is 25.5 Å². The van der Waals surface area contributed by atoms with Gasteiger partial charge >= 0.3 is 6.18 Å². The molecule has 0 spiro atoms. The van der Waals surface area contributed by atoms with Gasteiger partial charge in [0.05, 0.1) is 11.3 Å². The van der Waals surface area contributed by atoms with E-state index in [0.29, 0.717) is 10.6 Å². The Morgan fingerprint density at radius 1 is 1.13 bits per heavy atom. The van der Waals surface area contributed by atoms with Gasteiger partial charge < -0.3 is 4.84 Å². The highest BCUT2D eigenvalue weighted by Crippen LogP contribution is 2.34. The molecule has 122 valence electrons. The van der Waals surface area contributed by atoms with Crippen LogP contribution in [-0.4, -0.2) is 5.71 Å². The monoisotopic (exact) mass is 341 g/mol. The van der Waals surface area contributed by atoms with Crippen molar-refractivity contribution >= 4 is 17.3 Å². The summed E-state index contributed by atoms with van der Waals surface area (Å²) in [5.41, 5.74) is 0.342. The minimum absolute atomic E-state index is 0.0108. The third kappa shape index (κ3) is 4.26. The Labute approximate surface area is 137 Å². The molecule has 0 bridgehead atoms. The van der Waals surface area contributed by atoms with Gasteiger partial charge in [0, 0.05) is 16.1 Å². The lowest BCUT2D eigenvalue weighted by atomic mass is 9.98. The molecule has 0 aromatic heterocycles. The van der Waals surface area contributed by atoms with Gasteiger partial charge in [-0.25, -0.2) is 0 Å². The summed E-state index contributed by atoms with van der Waals surface area (Å²) < 4.78 is 39.6. The molecule has 0 atom stereocenters. The maximum Gasteiger partial charge on any atom is 0.417 e. The van der Waals surface area contributed by atoms with Crippen LogP contribution >= 0.6 is 11.6 Å². The number of oxime groups is 1. The van der Waals surface area contributed by atoms with Crippen LogP contribution < -0.4 is 0 Å². The lowest BCUT2D eigenvalue weighted by molar-refractivity contribution is -0.138. The van der Waals surface area contributed by atoms with Crippen molar-refractivity contribution in [3.05, 3.63) is 69.7 Å². The molecule has 0 fully saturated rings. The maximum atomic E-state index is 13.2. The van der Waals surface area contributed by atoms with Gasteiger partial charge in [-0.3, -0.25) is 0 Å². The molecule has 0 amide bonds. The fraction of sp³-hybridized carbons (Fsp3) is 0.235. The lowest BCUT2D eigenvalue weighted by Gasteiger charge is -2.15. The summed E-state index contributed by atoms with van der Waals surface area (Å²) in [6, 6.07) is 11.4. The first-order chi connectivity index (χ1) is 10.8. The second-order valence-electron chi connectivity index (χ2n) is 5.04. The molecular weight excluding hydrogens is 327 g/mol. The van der Waals surface area contributed by atoms with Crippen molar-refractivity contribution in [2.75, 3.05) is 0 Å². The van der Waals surface area contributed by atoms with Crippen molar-refractivity contribution in [1.82, 2.24) is 0 Å². The van der Waals surface area contributed by atoms with Crippen molar-refractivity contribution in [3.8, 4) is 0 Å². The largest absolute Gasteiger partial charge is 0.417 e. The third-order valence-electron chi connectivity index (χ3n) is 3.33. The molecule has 2 aromatic rings. The van der Waals surface area contributed by atoms with E-state index in [4.69, 9.17) is 16.4 Å². The molecule has 0 heterocycles. The van der Waals surface area contributed by atoms with Crippen LogP contribution in [0.1, 0.15) is 29.2 Å². The van der Waals surface area contributed by atoms with Gasteiger partial charge in [0.15, 0.2) is 0 Å². The van der Waals surface area contributed by atoms with Crippen LogP contribution in [-0.2, 0) is 17.6 Å². The summed E-state index contributed by atoms with van der Waals surface area (Å²) in [6.07, 6.45) is -4.44. The molecule has 2 rings (SSSR count). The molecular formula is C17H15ClF3NO. The molecule has 0 aliphatic carbocycles. The van der Waals surface area contributed by atoms with Gasteiger partial charge in [0.1, 0.15) is 6.61 Å². The Balaban J connectivity index is 2.22. The molecule has 2 nitrogen and oxygen atoms in total. The van der Waals surface area contributed by atoms with Gasteiger partial charge in [-0.2, -0.15) is 13.2 Å². The summed E-state index contributed by atoms with van der Waals surface area (Å²) in [6.45, 7) is 2.99. The first kappa shape index (κ1) is 17.3. The van der Waals surface area contributed by atoms with Crippen molar-refractivity contribution in [2.45, 2.75) is 26.6 Å². The Kier molecular flexibility index (Phi) is 5.31. The highest BCUT2D eigenvalue weighted by Gasteiger charge is 2.35. The van der Waals surface area contributed by atoms with Crippen LogP contribution in [0, 0.1) is 6.92 Å². The highest BCUT2D eigenvalue weighted by molar-refractivity contribution is 6.31. The fourth-order valence-electron chi connectivity index (χ4n) is 2.21. The minimum atomic E-state index is -4.44. The minimum Gasteiger partial charge on any atom is -0.391 e. The van der Waals surface area contributed by atoms with Gasteiger partial charge in [0.25, 0.3) is 0 Å². The van der Waals surface area contributed by atoms with Gasteiger partial charge in [-0.1, -0.05) is 53.2 Å². The Morgan fingerprint density at radius 3 is 2.48 bits per heavy atom. The van der Waals surface area contributed by atoms with Crippen LogP contribution in [0.15, 0.2) is 47.6 Å². The zero-order chi connectivity index (χ0) is 17.0. The zero-order valence-electron chi connectivity index (χ0n) is 12.6.